The minimum absolute atomic E-state index is 0.214. The zero-order valence-corrected chi connectivity index (χ0v) is 20.0. The number of aliphatic imine (C=N–C) groups is 1. The fourth-order valence-corrected chi connectivity index (χ4v) is 5.16. The molecule has 0 atom stereocenters. The fourth-order valence-electron chi connectivity index (χ4n) is 3.72. The smallest absolute Gasteiger partial charge is 0.251 e. The van der Waals surface area contributed by atoms with E-state index in [9.17, 15) is 4.79 Å². The van der Waals surface area contributed by atoms with Crippen LogP contribution in [0.15, 0.2) is 59.6 Å². The summed E-state index contributed by atoms with van der Waals surface area (Å²) in [6.07, 6.45) is 0.917. The Labute approximate surface area is 204 Å². The summed E-state index contributed by atoms with van der Waals surface area (Å²) in [4.78, 5) is 18.8. The van der Waals surface area contributed by atoms with Gasteiger partial charge < -0.3 is 5.32 Å². The Morgan fingerprint density at radius 1 is 1.09 bits per heavy atom. The van der Waals surface area contributed by atoms with Gasteiger partial charge in [0.15, 0.2) is 11.6 Å². The average Bonchev–Trinajstić information content (AvgIpc) is 3.40. The lowest BCUT2D eigenvalue weighted by Gasteiger charge is -2.10. The average molecular weight is 496 g/mol. The number of hydrogen-bond donors (Lipinski definition) is 1. The first-order valence-corrected chi connectivity index (χ1v) is 12.0. The molecule has 1 N–H and O–H groups in total. The third kappa shape index (κ3) is 4.19. The van der Waals surface area contributed by atoms with Crippen molar-refractivity contribution in [2.24, 2.45) is 4.99 Å². The Bertz CT molecular complexity index is 1380. The van der Waals surface area contributed by atoms with Crippen molar-refractivity contribution in [1.29, 1.82) is 0 Å². The van der Waals surface area contributed by atoms with E-state index < -0.39 is 0 Å². The lowest BCUT2D eigenvalue weighted by molar-refractivity contribution is 0.0949. The van der Waals surface area contributed by atoms with Crippen LogP contribution in [0.2, 0.25) is 10.0 Å². The lowest BCUT2D eigenvalue weighted by Crippen LogP contribution is -2.24. The van der Waals surface area contributed by atoms with Crippen LogP contribution in [0.1, 0.15) is 44.9 Å². The number of carbonyl (C=O) groups is 1. The zero-order chi connectivity index (χ0) is 22.9. The molecule has 2 aromatic carbocycles. The first-order valence-electron chi connectivity index (χ1n) is 10.4. The van der Waals surface area contributed by atoms with Gasteiger partial charge in [0.2, 0.25) is 0 Å². The number of carbonyl (C=O) groups excluding carboxylic acids is 1. The molecular formula is C24H19Cl2N5OS. The highest BCUT2D eigenvalue weighted by atomic mass is 35.5. The predicted molar refractivity (Wildman–Crippen MR) is 132 cm³/mol. The van der Waals surface area contributed by atoms with Crippen LogP contribution in [0, 0.1) is 0 Å². The number of hydrogen-bond acceptors (Lipinski definition) is 5. The van der Waals surface area contributed by atoms with E-state index in [0.717, 1.165) is 34.1 Å². The molecule has 0 bridgehead atoms. The molecule has 1 aliphatic rings. The molecule has 1 amide bonds. The number of fused-ring (bicyclic) bond motifs is 3. The maximum atomic E-state index is 12.7. The largest absolute Gasteiger partial charge is 0.345 e. The van der Waals surface area contributed by atoms with E-state index in [1.807, 2.05) is 22.8 Å². The van der Waals surface area contributed by atoms with Crippen LogP contribution < -0.4 is 5.32 Å². The highest BCUT2D eigenvalue weighted by Crippen LogP contribution is 2.33. The van der Waals surface area contributed by atoms with E-state index in [-0.39, 0.29) is 12.5 Å². The van der Waals surface area contributed by atoms with Crippen LogP contribution in [-0.4, -0.2) is 26.4 Å². The standard InChI is InChI=1S/C24H19Cl2N5OS/c1-2-16-11-17-22(14-6-4-3-5-7-14)27-12-20-29-30-21(31(20)24(17)33-16)13-28-23(32)15-8-9-18(25)19(26)10-15/h3-11H,2,12-13H2,1H3,(H,28,32). The first-order chi connectivity index (χ1) is 16.0. The van der Waals surface area contributed by atoms with Crippen molar-refractivity contribution in [1.82, 2.24) is 20.1 Å². The van der Waals surface area contributed by atoms with Gasteiger partial charge in [0.25, 0.3) is 5.91 Å². The van der Waals surface area contributed by atoms with Gasteiger partial charge in [0.05, 0.1) is 22.3 Å². The molecule has 0 saturated heterocycles. The number of rotatable bonds is 5. The second kappa shape index (κ2) is 9.09. The van der Waals surface area contributed by atoms with Gasteiger partial charge in [-0.2, -0.15) is 0 Å². The second-order valence-electron chi connectivity index (χ2n) is 7.50. The van der Waals surface area contributed by atoms with Crippen molar-refractivity contribution >= 4 is 46.2 Å². The Morgan fingerprint density at radius 2 is 1.91 bits per heavy atom. The van der Waals surface area contributed by atoms with Crippen LogP contribution in [0.25, 0.3) is 5.00 Å². The van der Waals surface area contributed by atoms with Crippen LogP contribution in [0.3, 0.4) is 0 Å². The molecule has 166 valence electrons. The first kappa shape index (κ1) is 21.8. The Morgan fingerprint density at radius 3 is 2.67 bits per heavy atom. The number of nitrogens with zero attached hydrogens (tertiary/aromatic N) is 4. The molecule has 2 aromatic heterocycles. The third-order valence-electron chi connectivity index (χ3n) is 5.38. The van der Waals surface area contributed by atoms with Crippen molar-refractivity contribution in [3.05, 3.63) is 97.9 Å². The van der Waals surface area contributed by atoms with Crippen molar-refractivity contribution in [3.63, 3.8) is 0 Å². The number of nitrogens with one attached hydrogen (secondary N) is 1. The summed E-state index contributed by atoms with van der Waals surface area (Å²) in [5.74, 6) is 1.13. The van der Waals surface area contributed by atoms with Crippen LogP contribution >= 0.6 is 34.5 Å². The minimum atomic E-state index is -0.263. The summed E-state index contributed by atoms with van der Waals surface area (Å²) < 4.78 is 2.02. The van der Waals surface area contributed by atoms with E-state index in [1.54, 1.807) is 29.5 Å². The SMILES string of the molecule is CCc1cc2c(s1)-n1c(nnc1CNC(=O)c1ccc(Cl)c(Cl)c1)CN=C2c1ccccc1. The van der Waals surface area contributed by atoms with Gasteiger partial charge in [0.1, 0.15) is 11.5 Å². The van der Waals surface area contributed by atoms with Gasteiger partial charge in [0, 0.05) is 21.6 Å². The number of halogens is 2. The number of amides is 1. The molecule has 1 aliphatic heterocycles. The lowest BCUT2D eigenvalue weighted by atomic mass is 10.0. The zero-order valence-electron chi connectivity index (χ0n) is 17.7. The summed E-state index contributed by atoms with van der Waals surface area (Å²) in [6, 6.07) is 17.1. The molecule has 3 heterocycles. The van der Waals surface area contributed by atoms with Gasteiger partial charge in [-0.05, 0) is 30.7 Å². The number of thiophene rings is 1. The highest BCUT2D eigenvalue weighted by Gasteiger charge is 2.25. The highest BCUT2D eigenvalue weighted by molar-refractivity contribution is 7.15. The van der Waals surface area contributed by atoms with Gasteiger partial charge in [-0.1, -0.05) is 60.5 Å². The summed E-state index contributed by atoms with van der Waals surface area (Å²) >= 11 is 13.7. The monoisotopic (exact) mass is 495 g/mol. The fraction of sp³-hybridized carbons (Fsp3) is 0.167. The Hall–Kier alpha value is -3.00. The molecule has 0 saturated carbocycles. The normalized spacial score (nSPS) is 12.5. The van der Waals surface area contributed by atoms with Gasteiger partial charge in [-0.3, -0.25) is 14.4 Å². The van der Waals surface area contributed by atoms with E-state index in [0.29, 0.717) is 28.0 Å². The number of aryl methyl sites for hydroxylation is 1. The number of benzene rings is 2. The van der Waals surface area contributed by atoms with Crippen molar-refractivity contribution in [2.75, 3.05) is 0 Å². The molecule has 4 aromatic rings. The van der Waals surface area contributed by atoms with Gasteiger partial charge >= 0.3 is 0 Å². The third-order valence-corrected chi connectivity index (χ3v) is 7.39. The van der Waals surface area contributed by atoms with Crippen molar-refractivity contribution < 1.29 is 4.79 Å². The maximum Gasteiger partial charge on any atom is 0.251 e. The summed E-state index contributed by atoms with van der Waals surface area (Å²) in [7, 11) is 0. The van der Waals surface area contributed by atoms with Crippen LogP contribution in [0.4, 0.5) is 0 Å². The van der Waals surface area contributed by atoms with Gasteiger partial charge in [-0.25, -0.2) is 0 Å². The van der Waals surface area contributed by atoms with E-state index in [1.165, 1.54) is 4.88 Å². The van der Waals surface area contributed by atoms with Crippen LogP contribution in [0.5, 0.6) is 0 Å². The molecule has 0 spiro atoms. The molecule has 0 unspecified atom stereocenters. The second-order valence-corrected chi connectivity index (χ2v) is 9.42. The summed E-state index contributed by atoms with van der Waals surface area (Å²) in [5, 5.41) is 13.4. The summed E-state index contributed by atoms with van der Waals surface area (Å²) in [5.41, 5.74) is 3.49. The maximum absolute atomic E-state index is 12.7. The van der Waals surface area contributed by atoms with E-state index in [4.69, 9.17) is 28.2 Å². The van der Waals surface area contributed by atoms with Gasteiger partial charge in [-0.15, -0.1) is 21.5 Å². The molecule has 5 rings (SSSR count). The topological polar surface area (TPSA) is 72.2 Å². The van der Waals surface area contributed by atoms with E-state index in [2.05, 4.69) is 40.6 Å². The Balaban J connectivity index is 1.48. The van der Waals surface area contributed by atoms with Crippen molar-refractivity contribution in [3.8, 4) is 5.00 Å². The molecule has 0 aliphatic carbocycles. The molecule has 0 radical (unpaired) electrons. The quantitative estimate of drug-likeness (QED) is 0.398. The molecule has 0 fully saturated rings. The molecule has 9 heteroatoms. The number of aromatic nitrogens is 3. The minimum Gasteiger partial charge on any atom is -0.345 e. The summed E-state index contributed by atoms with van der Waals surface area (Å²) in [6.45, 7) is 2.75. The van der Waals surface area contributed by atoms with E-state index >= 15 is 0 Å². The molecular weight excluding hydrogens is 477 g/mol. The Kier molecular flexibility index (Phi) is 6.01. The van der Waals surface area contributed by atoms with Crippen LogP contribution in [-0.2, 0) is 19.5 Å². The molecule has 6 nitrogen and oxygen atoms in total. The predicted octanol–water partition coefficient (Wildman–Crippen LogP) is 5.48. The molecule has 33 heavy (non-hydrogen) atoms. The van der Waals surface area contributed by atoms with Crippen molar-refractivity contribution in [2.45, 2.75) is 26.4 Å².